The fourth-order valence-corrected chi connectivity index (χ4v) is 2.74. The second-order valence-electron chi connectivity index (χ2n) is 5.71. The molecular weight excluding hydrogens is 286 g/mol. The molecule has 122 valence electrons. The number of aryl methyl sites for hydroxylation is 1. The van der Waals surface area contributed by atoms with Crippen molar-refractivity contribution in [1.82, 2.24) is 0 Å². The van der Waals surface area contributed by atoms with E-state index >= 15 is 0 Å². The Morgan fingerprint density at radius 3 is 2.48 bits per heavy atom. The van der Waals surface area contributed by atoms with Crippen LogP contribution in [0.3, 0.4) is 0 Å². The molecule has 1 amide bonds. The van der Waals surface area contributed by atoms with Gasteiger partial charge in [0.1, 0.15) is 5.75 Å². The maximum atomic E-state index is 12.1. The number of primary amides is 1. The molecule has 2 aromatic rings. The molecule has 1 unspecified atom stereocenters. The van der Waals surface area contributed by atoms with E-state index in [0.29, 0.717) is 13.0 Å². The zero-order valence-electron chi connectivity index (χ0n) is 13.9. The van der Waals surface area contributed by atoms with E-state index in [1.807, 2.05) is 48.5 Å². The fraction of sp³-hybridized carbons (Fsp3) is 0.350. The quantitative estimate of drug-likeness (QED) is 0.805. The number of hydrogen-bond acceptors (Lipinski definition) is 2. The molecule has 2 N–H and O–H groups in total. The topological polar surface area (TPSA) is 52.3 Å². The molecule has 0 heterocycles. The number of ether oxygens (including phenoxy) is 1. The van der Waals surface area contributed by atoms with Crippen LogP contribution in [0.15, 0.2) is 48.5 Å². The summed E-state index contributed by atoms with van der Waals surface area (Å²) in [6.45, 7) is 4.83. The van der Waals surface area contributed by atoms with Gasteiger partial charge < -0.3 is 10.5 Å². The van der Waals surface area contributed by atoms with Crippen LogP contribution in [0.1, 0.15) is 42.9 Å². The van der Waals surface area contributed by atoms with Crippen LogP contribution < -0.4 is 10.5 Å². The van der Waals surface area contributed by atoms with Crippen LogP contribution in [0.2, 0.25) is 0 Å². The lowest BCUT2D eigenvalue weighted by Crippen LogP contribution is -2.24. The molecule has 0 spiro atoms. The number of hydrogen-bond donors (Lipinski definition) is 1. The van der Waals surface area contributed by atoms with Crippen molar-refractivity contribution >= 4 is 5.91 Å². The standard InChI is InChI=1S/C20H25NO2/c1-3-12-23-17-11-10-16(4-2)18(14-17)19(20(21)22)13-15-8-6-5-7-9-15/h5-11,14,19H,3-4,12-13H2,1-2H3,(H2,21,22). The van der Waals surface area contributed by atoms with Crippen molar-refractivity contribution in [2.75, 3.05) is 6.61 Å². The Kier molecular flexibility index (Phi) is 6.21. The molecule has 23 heavy (non-hydrogen) atoms. The molecule has 3 nitrogen and oxygen atoms in total. The average Bonchev–Trinajstić information content (AvgIpc) is 2.58. The molecule has 2 aromatic carbocycles. The van der Waals surface area contributed by atoms with Crippen molar-refractivity contribution in [3.63, 3.8) is 0 Å². The zero-order chi connectivity index (χ0) is 16.7. The van der Waals surface area contributed by atoms with Crippen molar-refractivity contribution < 1.29 is 9.53 Å². The molecule has 1 atom stereocenters. The van der Waals surface area contributed by atoms with E-state index in [0.717, 1.165) is 35.3 Å². The normalized spacial score (nSPS) is 11.9. The molecule has 3 heteroatoms. The molecule has 0 radical (unpaired) electrons. The van der Waals surface area contributed by atoms with Gasteiger partial charge in [0.25, 0.3) is 0 Å². The molecular formula is C20H25NO2. The van der Waals surface area contributed by atoms with Gasteiger partial charge in [0.2, 0.25) is 5.91 Å². The molecule has 0 aromatic heterocycles. The minimum absolute atomic E-state index is 0.295. The lowest BCUT2D eigenvalue weighted by molar-refractivity contribution is -0.119. The van der Waals surface area contributed by atoms with Crippen molar-refractivity contribution in [3.05, 3.63) is 65.2 Å². The molecule has 0 saturated heterocycles. The van der Waals surface area contributed by atoms with Crippen LogP contribution in [0, 0.1) is 0 Å². The third-order valence-electron chi connectivity index (χ3n) is 3.97. The summed E-state index contributed by atoms with van der Waals surface area (Å²) in [5.41, 5.74) is 8.95. The number of carbonyl (C=O) groups excluding carboxylic acids is 1. The van der Waals surface area contributed by atoms with Crippen LogP contribution in [-0.2, 0) is 17.6 Å². The largest absolute Gasteiger partial charge is 0.494 e. The second kappa shape index (κ2) is 8.37. The number of amides is 1. The molecule has 0 saturated carbocycles. The first-order chi connectivity index (χ1) is 11.2. The first kappa shape index (κ1) is 17.1. The maximum absolute atomic E-state index is 12.1. The Bertz CT molecular complexity index is 637. The van der Waals surface area contributed by atoms with Crippen LogP contribution in [-0.4, -0.2) is 12.5 Å². The van der Waals surface area contributed by atoms with Gasteiger partial charge in [-0.15, -0.1) is 0 Å². The fourth-order valence-electron chi connectivity index (χ4n) is 2.74. The Labute approximate surface area is 138 Å². The van der Waals surface area contributed by atoms with Crippen LogP contribution in [0.4, 0.5) is 0 Å². The van der Waals surface area contributed by atoms with Gasteiger partial charge in [-0.1, -0.05) is 50.2 Å². The monoisotopic (exact) mass is 311 g/mol. The van der Waals surface area contributed by atoms with E-state index < -0.39 is 0 Å². The average molecular weight is 311 g/mol. The summed E-state index contributed by atoms with van der Waals surface area (Å²) >= 11 is 0. The number of rotatable bonds is 8. The minimum atomic E-state index is -0.336. The molecule has 0 aliphatic rings. The highest BCUT2D eigenvalue weighted by Gasteiger charge is 2.21. The summed E-state index contributed by atoms with van der Waals surface area (Å²) in [4.78, 5) is 12.1. The smallest absolute Gasteiger partial charge is 0.225 e. The van der Waals surface area contributed by atoms with Gasteiger partial charge in [-0.25, -0.2) is 0 Å². The van der Waals surface area contributed by atoms with Gasteiger partial charge in [0.05, 0.1) is 12.5 Å². The first-order valence-electron chi connectivity index (χ1n) is 8.24. The summed E-state index contributed by atoms with van der Waals surface area (Å²) in [6, 6.07) is 16.0. The van der Waals surface area contributed by atoms with E-state index in [9.17, 15) is 4.79 Å². The van der Waals surface area contributed by atoms with Crippen LogP contribution in [0.25, 0.3) is 0 Å². The zero-order valence-corrected chi connectivity index (χ0v) is 13.9. The third-order valence-corrected chi connectivity index (χ3v) is 3.97. The summed E-state index contributed by atoms with van der Waals surface area (Å²) < 4.78 is 5.72. The summed E-state index contributed by atoms with van der Waals surface area (Å²) in [5, 5.41) is 0. The second-order valence-corrected chi connectivity index (χ2v) is 5.71. The van der Waals surface area contributed by atoms with Gasteiger partial charge in [-0.05, 0) is 48.1 Å². The lowest BCUT2D eigenvalue weighted by Gasteiger charge is -2.19. The highest BCUT2D eigenvalue weighted by Crippen LogP contribution is 2.28. The Hall–Kier alpha value is -2.29. The molecule has 2 rings (SSSR count). The predicted molar refractivity (Wildman–Crippen MR) is 93.7 cm³/mol. The first-order valence-corrected chi connectivity index (χ1v) is 8.24. The van der Waals surface area contributed by atoms with Gasteiger partial charge in [-0.3, -0.25) is 4.79 Å². The maximum Gasteiger partial charge on any atom is 0.225 e. The van der Waals surface area contributed by atoms with Crippen molar-refractivity contribution in [1.29, 1.82) is 0 Å². The van der Waals surface area contributed by atoms with Crippen molar-refractivity contribution in [2.24, 2.45) is 5.73 Å². The number of benzene rings is 2. The van der Waals surface area contributed by atoms with Crippen LogP contribution in [0.5, 0.6) is 5.75 Å². The molecule has 0 bridgehead atoms. The van der Waals surface area contributed by atoms with E-state index in [1.165, 1.54) is 0 Å². The number of carbonyl (C=O) groups is 1. The molecule has 0 aliphatic carbocycles. The lowest BCUT2D eigenvalue weighted by atomic mass is 9.87. The van der Waals surface area contributed by atoms with E-state index in [-0.39, 0.29) is 11.8 Å². The Morgan fingerprint density at radius 1 is 1.13 bits per heavy atom. The van der Waals surface area contributed by atoms with Gasteiger partial charge in [0.15, 0.2) is 0 Å². The van der Waals surface area contributed by atoms with Gasteiger partial charge >= 0.3 is 0 Å². The summed E-state index contributed by atoms with van der Waals surface area (Å²) in [7, 11) is 0. The van der Waals surface area contributed by atoms with Crippen LogP contribution >= 0.6 is 0 Å². The van der Waals surface area contributed by atoms with Gasteiger partial charge in [-0.2, -0.15) is 0 Å². The van der Waals surface area contributed by atoms with Crippen molar-refractivity contribution in [3.8, 4) is 5.75 Å². The Morgan fingerprint density at radius 2 is 1.87 bits per heavy atom. The molecule has 0 fully saturated rings. The Balaban J connectivity index is 2.34. The summed E-state index contributed by atoms with van der Waals surface area (Å²) in [5.74, 6) is 0.173. The molecule has 0 aliphatic heterocycles. The minimum Gasteiger partial charge on any atom is -0.494 e. The van der Waals surface area contributed by atoms with E-state index in [4.69, 9.17) is 10.5 Å². The highest BCUT2D eigenvalue weighted by molar-refractivity contribution is 5.83. The summed E-state index contributed by atoms with van der Waals surface area (Å²) in [6.07, 6.45) is 2.43. The predicted octanol–water partition coefficient (Wildman–Crippen LogP) is 3.85. The SMILES string of the molecule is CCCOc1ccc(CC)c(C(Cc2ccccc2)C(N)=O)c1. The third kappa shape index (κ3) is 4.59. The van der Waals surface area contributed by atoms with Crippen molar-refractivity contribution in [2.45, 2.75) is 39.0 Å². The number of nitrogens with two attached hydrogens (primary N) is 1. The van der Waals surface area contributed by atoms with E-state index in [1.54, 1.807) is 0 Å². The highest BCUT2D eigenvalue weighted by atomic mass is 16.5. The van der Waals surface area contributed by atoms with E-state index in [2.05, 4.69) is 13.8 Å². The van der Waals surface area contributed by atoms with Gasteiger partial charge in [0, 0.05) is 0 Å².